The summed E-state index contributed by atoms with van der Waals surface area (Å²) in [5.74, 6) is -2.16. The maximum atomic E-state index is 13.0. The van der Waals surface area contributed by atoms with Crippen LogP contribution in [0.15, 0.2) is 72.1 Å². The zero-order valence-corrected chi connectivity index (χ0v) is 32.7. The molecule has 0 spiro atoms. The normalized spacial score (nSPS) is 17.2. The first-order valence-electron chi connectivity index (χ1n) is 19.3. The number of unbranched alkanes of at least 4 members (excludes halogenated alkanes) is 3. The summed E-state index contributed by atoms with van der Waals surface area (Å²) in [6, 6.07) is 7.25. The molecule has 5 rings (SSSR count). The molecule has 3 aliphatic heterocycles. The second-order valence-corrected chi connectivity index (χ2v) is 14.7. The predicted molar refractivity (Wildman–Crippen MR) is 212 cm³/mol. The number of benzene rings is 1. The third-order valence-electron chi connectivity index (χ3n) is 10.0. The molecule has 1 aromatic carbocycles. The Labute approximate surface area is 332 Å². The number of amides is 8. The third kappa shape index (κ3) is 11.4. The minimum Gasteiger partial charge on any atom is -0.354 e. The molecular weight excluding hydrogens is 731 g/mol. The van der Waals surface area contributed by atoms with Crippen molar-refractivity contribution in [1.29, 1.82) is 0 Å². The molecule has 0 fully saturated rings. The number of fused-ring (bicyclic) bond motifs is 1. The number of hydrazone groups is 1. The van der Waals surface area contributed by atoms with E-state index < -0.39 is 23.9 Å². The van der Waals surface area contributed by atoms with Crippen molar-refractivity contribution in [3.63, 3.8) is 0 Å². The second-order valence-electron chi connectivity index (χ2n) is 14.7. The lowest BCUT2D eigenvalue weighted by atomic mass is 9.93. The Bertz CT molecular complexity index is 1900. The van der Waals surface area contributed by atoms with Gasteiger partial charge in [0.15, 0.2) is 0 Å². The fourth-order valence-electron chi connectivity index (χ4n) is 6.70. The highest BCUT2D eigenvalue weighted by Gasteiger charge is 2.29. The van der Waals surface area contributed by atoms with Crippen LogP contribution in [-0.4, -0.2) is 98.7 Å². The van der Waals surface area contributed by atoms with Gasteiger partial charge < -0.3 is 26.2 Å². The average molecular weight is 782 g/mol. The molecule has 8 amide bonds. The maximum absolute atomic E-state index is 13.0. The van der Waals surface area contributed by atoms with Crippen LogP contribution in [0.2, 0.25) is 0 Å². The van der Waals surface area contributed by atoms with Crippen molar-refractivity contribution in [2.45, 2.75) is 90.9 Å². The van der Waals surface area contributed by atoms with E-state index in [9.17, 15) is 33.6 Å². The first kappa shape index (κ1) is 42.0. The summed E-state index contributed by atoms with van der Waals surface area (Å²) in [7, 11) is 0. The van der Waals surface area contributed by atoms with Gasteiger partial charge in [-0.2, -0.15) is 5.10 Å². The molecule has 0 saturated heterocycles. The first-order valence-corrected chi connectivity index (χ1v) is 19.3. The molecule has 0 aliphatic carbocycles. The highest BCUT2D eigenvalue weighted by Crippen LogP contribution is 2.25. The van der Waals surface area contributed by atoms with Crippen LogP contribution in [0.3, 0.4) is 0 Å². The number of rotatable bonds is 18. The smallest absolute Gasteiger partial charge is 0.322 e. The number of carbonyl (C=O) groups excluding carboxylic acids is 7. The number of carbonyl (C=O) groups is 7. The Balaban J connectivity index is 0.995. The average Bonchev–Trinajstić information content (AvgIpc) is 3.76. The summed E-state index contributed by atoms with van der Waals surface area (Å²) >= 11 is 0. The number of hydrogen-bond donors (Lipinski definition) is 4. The minimum atomic E-state index is -1.02. The summed E-state index contributed by atoms with van der Waals surface area (Å²) in [5.41, 5.74) is 4.82. The number of anilines is 1. The van der Waals surface area contributed by atoms with Gasteiger partial charge in [-0.1, -0.05) is 32.1 Å². The van der Waals surface area contributed by atoms with E-state index in [0.717, 1.165) is 27.3 Å². The van der Waals surface area contributed by atoms with Crippen LogP contribution in [0, 0.1) is 5.92 Å². The molecule has 302 valence electrons. The lowest BCUT2D eigenvalue weighted by Crippen LogP contribution is -2.53. The molecule has 3 atom stereocenters. The Morgan fingerprint density at radius 3 is 2.28 bits per heavy atom. The molecule has 16 nitrogen and oxygen atoms in total. The fraction of sp³-hybridized carbons (Fsp3) is 0.439. The van der Waals surface area contributed by atoms with Crippen LogP contribution in [0.1, 0.15) is 82.4 Å². The quantitative estimate of drug-likeness (QED) is 0.100. The monoisotopic (exact) mass is 781 g/mol. The van der Waals surface area contributed by atoms with Crippen molar-refractivity contribution in [3.8, 4) is 0 Å². The van der Waals surface area contributed by atoms with Crippen LogP contribution in [0.5, 0.6) is 0 Å². The molecule has 16 heteroatoms. The van der Waals surface area contributed by atoms with E-state index in [1.165, 1.54) is 17.2 Å². The second kappa shape index (κ2) is 19.6. The van der Waals surface area contributed by atoms with Gasteiger partial charge in [0.25, 0.3) is 11.8 Å². The van der Waals surface area contributed by atoms with Crippen molar-refractivity contribution in [2.75, 3.05) is 25.0 Å². The zero-order valence-electron chi connectivity index (χ0n) is 32.7. The zero-order chi connectivity index (χ0) is 41.1. The summed E-state index contributed by atoms with van der Waals surface area (Å²) < 4.78 is 0. The molecule has 2 aromatic rings. The van der Waals surface area contributed by atoms with Crippen LogP contribution in [-0.2, 0) is 41.9 Å². The van der Waals surface area contributed by atoms with Gasteiger partial charge in [-0.25, -0.2) is 9.80 Å². The maximum Gasteiger partial charge on any atom is 0.322 e. The highest BCUT2D eigenvalue weighted by atomic mass is 16.2. The van der Waals surface area contributed by atoms with E-state index in [1.807, 2.05) is 37.3 Å². The Morgan fingerprint density at radius 1 is 0.877 bits per heavy atom. The van der Waals surface area contributed by atoms with Crippen LogP contribution >= 0.6 is 0 Å². The van der Waals surface area contributed by atoms with Gasteiger partial charge in [0.2, 0.25) is 23.6 Å². The number of imide groups is 1. The van der Waals surface area contributed by atoms with Gasteiger partial charge in [0.05, 0.1) is 5.71 Å². The van der Waals surface area contributed by atoms with E-state index in [-0.39, 0.29) is 48.5 Å². The lowest BCUT2D eigenvalue weighted by molar-refractivity contribution is -0.137. The molecule has 1 aromatic heterocycles. The fourth-order valence-corrected chi connectivity index (χ4v) is 6.70. The van der Waals surface area contributed by atoms with Crippen LogP contribution in [0.25, 0.3) is 0 Å². The van der Waals surface area contributed by atoms with Crippen molar-refractivity contribution >= 4 is 52.9 Å². The van der Waals surface area contributed by atoms with Gasteiger partial charge in [0, 0.05) is 81.7 Å². The molecular formula is C41H51N9O7. The first-order chi connectivity index (χ1) is 27.3. The highest BCUT2D eigenvalue weighted by molar-refractivity contribution is 6.12. The molecule has 57 heavy (non-hydrogen) atoms. The van der Waals surface area contributed by atoms with Crippen LogP contribution in [0.4, 0.5) is 10.5 Å². The largest absolute Gasteiger partial charge is 0.354 e. The Morgan fingerprint density at radius 2 is 1.58 bits per heavy atom. The van der Waals surface area contributed by atoms with Crippen molar-refractivity contribution in [3.05, 3.63) is 83.7 Å². The summed E-state index contributed by atoms with van der Waals surface area (Å²) in [4.78, 5) is 94.4. The number of hydrogen-bond acceptors (Lipinski definition) is 9. The van der Waals surface area contributed by atoms with Gasteiger partial charge in [-0.05, 0) is 80.0 Å². The number of nitrogens with zero attached hydrogens (tertiary/aromatic N) is 5. The Hall–Kier alpha value is -6.19. The Kier molecular flexibility index (Phi) is 14.4. The van der Waals surface area contributed by atoms with E-state index in [2.05, 4.69) is 37.9 Å². The summed E-state index contributed by atoms with van der Waals surface area (Å²) in [5, 5.41) is 17.2. The third-order valence-corrected chi connectivity index (χ3v) is 10.0. The minimum absolute atomic E-state index is 0.0814. The van der Waals surface area contributed by atoms with Crippen molar-refractivity contribution < 1.29 is 33.6 Å². The molecule has 0 bridgehead atoms. The predicted octanol–water partition coefficient (Wildman–Crippen LogP) is 3.15. The van der Waals surface area contributed by atoms with Gasteiger partial charge in [0.1, 0.15) is 12.1 Å². The van der Waals surface area contributed by atoms with Crippen LogP contribution < -0.4 is 21.3 Å². The molecule has 4 N–H and O–H groups in total. The number of urea groups is 1. The molecule has 4 heterocycles. The molecule has 1 unspecified atom stereocenters. The topological polar surface area (TPSA) is 203 Å². The lowest BCUT2D eigenvalue weighted by Gasteiger charge is -2.28. The van der Waals surface area contributed by atoms with Crippen molar-refractivity contribution in [1.82, 2.24) is 35.7 Å². The van der Waals surface area contributed by atoms with Gasteiger partial charge in [-0.3, -0.25) is 38.7 Å². The standard InChI is InChI=1S/C41H51N9O7/c1-26(2)37(46-33(51)10-6-5-8-20-49-34(52)15-16-35(49)53)40(56)44-28(4)39(55)43-18-7-9-21-50-36(54)22-27(3)38(47-50)29-11-13-32(14-12-29)45-41(57)48-24-30-17-19-42-23-31(30)25-48/h11-17,19,23,27-28,37H,1,5-10,18,20-22,24-25H2,2-4H3,(H,43,55)(H,44,56)(H,45,57)(H,46,51)/t27?,28-,37-/m0/s1. The van der Waals surface area contributed by atoms with E-state index in [0.29, 0.717) is 76.0 Å². The number of nitrogens with one attached hydrogen (secondary N) is 4. The number of aromatic nitrogens is 1. The summed E-state index contributed by atoms with van der Waals surface area (Å²) in [6.45, 7) is 10.9. The van der Waals surface area contributed by atoms with E-state index >= 15 is 0 Å². The number of pyridine rings is 1. The van der Waals surface area contributed by atoms with Gasteiger partial charge >= 0.3 is 6.03 Å². The van der Waals surface area contributed by atoms with E-state index in [1.54, 1.807) is 31.1 Å². The van der Waals surface area contributed by atoms with E-state index in [4.69, 9.17) is 0 Å². The van der Waals surface area contributed by atoms with Gasteiger partial charge in [-0.15, -0.1) is 0 Å². The van der Waals surface area contributed by atoms with Crippen molar-refractivity contribution in [2.24, 2.45) is 11.0 Å². The SMILES string of the molecule is C=C(C)[C@H](NC(=O)CCCCCN1C(=O)C=CC1=O)C(=O)N[C@@H](C)C(=O)NCCCCN1N=C(c2ccc(NC(=O)N3Cc4ccncc4C3)cc2)C(C)CC1=O. The molecule has 3 aliphatic rings. The molecule has 0 saturated carbocycles. The summed E-state index contributed by atoms with van der Waals surface area (Å²) in [6.07, 6.45) is 9.24. The molecule has 0 radical (unpaired) electrons.